The van der Waals surface area contributed by atoms with Gasteiger partial charge in [-0.15, -0.1) is 0 Å². The molecular formula is C13H16N4O2. The summed E-state index contributed by atoms with van der Waals surface area (Å²) in [6.07, 6.45) is 3.58. The highest BCUT2D eigenvalue weighted by molar-refractivity contribution is 5.90. The van der Waals surface area contributed by atoms with E-state index in [0.29, 0.717) is 17.9 Å². The van der Waals surface area contributed by atoms with E-state index < -0.39 is 0 Å². The topological polar surface area (TPSA) is 82.1 Å². The van der Waals surface area contributed by atoms with Gasteiger partial charge in [-0.3, -0.25) is 9.36 Å². The normalized spacial score (nSPS) is 10.4. The fourth-order valence-electron chi connectivity index (χ4n) is 1.69. The van der Waals surface area contributed by atoms with Gasteiger partial charge in [-0.2, -0.15) is 0 Å². The third-order valence-corrected chi connectivity index (χ3v) is 2.79. The highest BCUT2D eigenvalue weighted by atomic mass is 16.2. The molecule has 0 spiro atoms. The van der Waals surface area contributed by atoms with E-state index >= 15 is 0 Å². The number of imidazole rings is 1. The maximum absolute atomic E-state index is 11.7. The largest absolute Gasteiger partial charge is 0.399 e. The molecule has 0 saturated carbocycles. The van der Waals surface area contributed by atoms with Crippen molar-refractivity contribution >= 4 is 17.3 Å². The first kappa shape index (κ1) is 12.9. The Morgan fingerprint density at radius 1 is 1.26 bits per heavy atom. The minimum absolute atomic E-state index is 0.125. The zero-order chi connectivity index (χ0) is 13.8. The van der Waals surface area contributed by atoms with Crippen LogP contribution in [0, 0.1) is 0 Å². The van der Waals surface area contributed by atoms with Gasteiger partial charge in [-0.05, 0) is 24.3 Å². The van der Waals surface area contributed by atoms with Crippen LogP contribution in [0.15, 0.2) is 41.5 Å². The number of carbonyl (C=O) groups excluding carboxylic acids is 1. The number of carbonyl (C=O) groups is 1. The molecule has 19 heavy (non-hydrogen) atoms. The molecule has 0 radical (unpaired) electrons. The molecule has 0 aliphatic rings. The fraction of sp³-hybridized carbons (Fsp3) is 0.231. The van der Waals surface area contributed by atoms with Crippen LogP contribution in [0.1, 0.15) is 6.42 Å². The van der Waals surface area contributed by atoms with Crippen molar-refractivity contribution in [1.82, 2.24) is 9.13 Å². The van der Waals surface area contributed by atoms with E-state index in [2.05, 4.69) is 5.32 Å². The van der Waals surface area contributed by atoms with Crippen LogP contribution in [0.4, 0.5) is 11.4 Å². The van der Waals surface area contributed by atoms with Crippen LogP contribution in [0.2, 0.25) is 0 Å². The van der Waals surface area contributed by atoms with Crippen molar-refractivity contribution in [2.24, 2.45) is 7.05 Å². The SMILES string of the molecule is Cn1ccn(CCC(=O)Nc2ccc(N)cc2)c1=O. The number of nitrogen functional groups attached to an aromatic ring is 1. The fourth-order valence-corrected chi connectivity index (χ4v) is 1.69. The molecule has 1 aromatic heterocycles. The summed E-state index contributed by atoms with van der Waals surface area (Å²) in [5.74, 6) is -0.138. The summed E-state index contributed by atoms with van der Waals surface area (Å²) in [5, 5.41) is 2.75. The van der Waals surface area contributed by atoms with Gasteiger partial charge >= 0.3 is 5.69 Å². The molecule has 0 aliphatic carbocycles. The van der Waals surface area contributed by atoms with E-state index in [1.165, 1.54) is 9.13 Å². The van der Waals surface area contributed by atoms with Gasteiger partial charge in [-0.25, -0.2) is 4.79 Å². The molecule has 100 valence electrons. The Kier molecular flexibility index (Phi) is 3.70. The summed E-state index contributed by atoms with van der Waals surface area (Å²) in [6, 6.07) is 6.92. The van der Waals surface area contributed by atoms with Gasteiger partial charge < -0.3 is 15.6 Å². The first-order valence-corrected chi connectivity index (χ1v) is 5.93. The van der Waals surface area contributed by atoms with Gasteiger partial charge in [0.1, 0.15) is 0 Å². The second-order valence-electron chi connectivity index (χ2n) is 4.31. The van der Waals surface area contributed by atoms with Gasteiger partial charge in [0.05, 0.1) is 0 Å². The first-order chi connectivity index (χ1) is 9.06. The number of nitrogens with two attached hydrogens (primary N) is 1. The summed E-state index contributed by atoms with van der Waals surface area (Å²) < 4.78 is 2.97. The number of rotatable bonds is 4. The van der Waals surface area contributed by atoms with Crippen molar-refractivity contribution in [2.75, 3.05) is 11.1 Å². The van der Waals surface area contributed by atoms with E-state index in [1.54, 1.807) is 43.7 Å². The lowest BCUT2D eigenvalue weighted by atomic mass is 10.3. The van der Waals surface area contributed by atoms with Gasteiger partial charge in [0.15, 0.2) is 0 Å². The summed E-state index contributed by atoms with van der Waals surface area (Å²) >= 11 is 0. The summed E-state index contributed by atoms with van der Waals surface area (Å²) in [5.41, 5.74) is 6.77. The van der Waals surface area contributed by atoms with Crippen molar-refractivity contribution in [3.63, 3.8) is 0 Å². The molecule has 3 N–H and O–H groups in total. The first-order valence-electron chi connectivity index (χ1n) is 5.93. The molecule has 1 amide bonds. The van der Waals surface area contributed by atoms with Gasteiger partial charge in [0.25, 0.3) is 0 Å². The van der Waals surface area contributed by atoms with Crippen molar-refractivity contribution < 1.29 is 4.79 Å². The maximum Gasteiger partial charge on any atom is 0.327 e. The highest BCUT2D eigenvalue weighted by Crippen LogP contribution is 2.10. The molecule has 0 bridgehead atoms. The van der Waals surface area contributed by atoms with Crippen LogP contribution >= 0.6 is 0 Å². The Balaban J connectivity index is 1.90. The van der Waals surface area contributed by atoms with Crippen molar-refractivity contribution in [3.05, 3.63) is 47.1 Å². The highest BCUT2D eigenvalue weighted by Gasteiger charge is 2.05. The Hall–Kier alpha value is -2.50. The van der Waals surface area contributed by atoms with E-state index in [1.807, 2.05) is 0 Å². The number of hydrogen-bond acceptors (Lipinski definition) is 3. The Morgan fingerprint density at radius 3 is 2.53 bits per heavy atom. The average molecular weight is 260 g/mol. The van der Waals surface area contributed by atoms with Crippen molar-refractivity contribution in [2.45, 2.75) is 13.0 Å². The third kappa shape index (κ3) is 3.25. The quantitative estimate of drug-likeness (QED) is 0.798. The van der Waals surface area contributed by atoms with Crippen LogP contribution in [0.5, 0.6) is 0 Å². The number of anilines is 2. The lowest BCUT2D eigenvalue weighted by Gasteiger charge is -2.05. The van der Waals surface area contributed by atoms with E-state index in [4.69, 9.17) is 5.73 Å². The third-order valence-electron chi connectivity index (χ3n) is 2.79. The molecule has 0 saturated heterocycles. The number of nitrogens with zero attached hydrogens (tertiary/aromatic N) is 2. The molecule has 6 heteroatoms. The molecule has 1 heterocycles. The number of nitrogens with one attached hydrogen (secondary N) is 1. The van der Waals surface area contributed by atoms with Crippen LogP contribution < -0.4 is 16.7 Å². The number of aryl methyl sites for hydroxylation is 2. The molecule has 0 unspecified atom stereocenters. The Morgan fingerprint density at radius 2 is 1.95 bits per heavy atom. The predicted molar refractivity (Wildman–Crippen MR) is 73.8 cm³/mol. The van der Waals surface area contributed by atoms with Crippen molar-refractivity contribution in [1.29, 1.82) is 0 Å². The summed E-state index contributed by atoms with van der Waals surface area (Å²) in [7, 11) is 1.67. The minimum Gasteiger partial charge on any atom is -0.399 e. The lowest BCUT2D eigenvalue weighted by molar-refractivity contribution is -0.116. The van der Waals surface area contributed by atoms with Crippen molar-refractivity contribution in [3.8, 4) is 0 Å². The Labute approximate surface area is 110 Å². The van der Waals surface area contributed by atoms with Gasteiger partial charge in [-0.1, -0.05) is 0 Å². The molecule has 2 rings (SSSR count). The monoisotopic (exact) mass is 260 g/mol. The van der Waals surface area contributed by atoms with Crippen LogP contribution in [0.25, 0.3) is 0 Å². The summed E-state index contributed by atoms with van der Waals surface area (Å²) in [4.78, 5) is 23.3. The zero-order valence-electron chi connectivity index (χ0n) is 10.7. The zero-order valence-corrected chi connectivity index (χ0v) is 10.7. The lowest BCUT2D eigenvalue weighted by Crippen LogP contribution is -2.24. The molecule has 0 aliphatic heterocycles. The number of benzene rings is 1. The predicted octanol–water partition coefficient (Wildman–Crippen LogP) is 0.798. The number of hydrogen-bond donors (Lipinski definition) is 2. The second-order valence-corrected chi connectivity index (χ2v) is 4.31. The Bertz CT molecular complexity index is 625. The van der Waals surface area contributed by atoms with E-state index in [0.717, 1.165) is 0 Å². The number of aromatic nitrogens is 2. The average Bonchev–Trinajstić information content (AvgIpc) is 2.70. The number of amides is 1. The smallest absolute Gasteiger partial charge is 0.327 e. The van der Waals surface area contributed by atoms with E-state index in [-0.39, 0.29) is 18.0 Å². The second kappa shape index (κ2) is 5.43. The van der Waals surface area contributed by atoms with Gasteiger partial charge in [0, 0.05) is 43.8 Å². The van der Waals surface area contributed by atoms with Crippen LogP contribution in [0.3, 0.4) is 0 Å². The van der Waals surface area contributed by atoms with Gasteiger partial charge in [0.2, 0.25) is 5.91 Å². The molecule has 6 nitrogen and oxygen atoms in total. The molecular weight excluding hydrogens is 244 g/mol. The molecule has 2 aromatic rings. The standard InChI is InChI=1S/C13H16N4O2/c1-16-8-9-17(13(16)19)7-6-12(18)15-11-4-2-10(14)3-5-11/h2-5,8-9H,6-7,14H2,1H3,(H,15,18). The summed E-state index contributed by atoms with van der Waals surface area (Å²) in [6.45, 7) is 0.362. The molecule has 1 aromatic carbocycles. The van der Waals surface area contributed by atoms with Crippen LogP contribution in [-0.2, 0) is 18.4 Å². The van der Waals surface area contributed by atoms with Crippen LogP contribution in [-0.4, -0.2) is 15.0 Å². The molecule has 0 fully saturated rings. The molecule has 0 atom stereocenters. The van der Waals surface area contributed by atoms with E-state index in [9.17, 15) is 9.59 Å². The maximum atomic E-state index is 11.7. The minimum atomic E-state index is -0.138.